The molecule has 6 heterocycles. The molecule has 6 rings (SSSR count). The molecule has 22 heteroatoms. The van der Waals surface area contributed by atoms with E-state index in [1.807, 2.05) is 0 Å². The Hall–Kier alpha value is -1.33. The van der Waals surface area contributed by atoms with Crippen LogP contribution in [0.5, 0.6) is 0 Å². The topological polar surface area (TPSA) is 310 Å². The van der Waals surface area contributed by atoms with E-state index in [0.717, 1.165) is 116 Å². The Morgan fingerprint density at radius 1 is 0.400 bits per heavy atom. The zero-order valence-corrected chi connectivity index (χ0v) is 48.8. The predicted octanol–water partition coefficient (Wildman–Crippen LogP) is 4.21. The molecule has 2 bridgehead atoms. The quantitative estimate of drug-likeness (QED) is 0.0574. The minimum atomic E-state index is -1.84. The van der Waals surface area contributed by atoms with E-state index in [2.05, 4.69) is 13.8 Å². The monoisotopic (exact) mass is 1150 g/mol. The second-order valence-electron chi connectivity index (χ2n) is 23.6. The van der Waals surface area contributed by atoms with Crippen LogP contribution in [0.2, 0.25) is 0 Å². The Morgan fingerprint density at radius 2 is 0.875 bits per heavy atom. The third kappa shape index (κ3) is 18.8. The fourth-order valence-corrected chi connectivity index (χ4v) is 11.8. The van der Waals surface area contributed by atoms with Crippen molar-refractivity contribution in [2.45, 2.75) is 356 Å². The van der Waals surface area contributed by atoms with Crippen LogP contribution < -0.4 is 0 Å². The Labute approximate surface area is 474 Å². The lowest BCUT2D eigenvalue weighted by molar-refractivity contribution is -0.404. The van der Waals surface area contributed by atoms with Gasteiger partial charge < -0.3 is 103 Å². The lowest BCUT2D eigenvalue weighted by atomic mass is 9.95. The summed E-state index contributed by atoms with van der Waals surface area (Å²) in [6.07, 6.45) is -14.4. The van der Waals surface area contributed by atoms with Crippen molar-refractivity contribution in [3.8, 4) is 0 Å². The molecule has 0 saturated carbocycles. The van der Waals surface area contributed by atoms with Gasteiger partial charge in [-0.25, -0.2) is 0 Å². The minimum absolute atomic E-state index is 0.0203. The molecule has 0 aromatic carbocycles. The molecular formula is C58H104O22. The molecule has 468 valence electrons. The SMILES string of the molecule is CCCCCCCCCCCC(=O)O[C@H]1[C@H](O[C@@H]2[C@H]3OCCCCCCCCCCC(CCCCC)O[C@H]4[C@@H](O[C@H](O[C@H]2C)[C@@H]3O)O[C@H](C)[C@H](O)[C@@H]4O)O[C@@H](C)[C@H](O[C@@H]2O[C@@H](C)[C@H](O)[C@@H](O)[C@H]2O)[C@H]1O[C@@H]1O[C@@H](C)[C@H](O)[C@@H](O)[C@H]1O. The van der Waals surface area contributed by atoms with Gasteiger partial charge in [-0.3, -0.25) is 4.79 Å². The summed E-state index contributed by atoms with van der Waals surface area (Å²) in [5.74, 6) is -0.671. The fraction of sp³-hybridized carbons (Fsp3) is 0.983. The Morgan fingerprint density at radius 3 is 1.49 bits per heavy atom. The largest absolute Gasteiger partial charge is 0.454 e. The van der Waals surface area contributed by atoms with Gasteiger partial charge in [0.15, 0.2) is 37.6 Å². The average molecular weight is 1150 g/mol. The van der Waals surface area contributed by atoms with Crippen molar-refractivity contribution >= 4 is 5.97 Å². The van der Waals surface area contributed by atoms with E-state index >= 15 is 0 Å². The summed E-state index contributed by atoms with van der Waals surface area (Å²) in [5.41, 5.74) is 0. The lowest BCUT2D eigenvalue weighted by Crippen LogP contribution is -2.68. The first-order valence-corrected chi connectivity index (χ1v) is 30.8. The Balaban J connectivity index is 1.32. The van der Waals surface area contributed by atoms with E-state index in [1.54, 1.807) is 20.8 Å². The molecule has 80 heavy (non-hydrogen) atoms. The maximum atomic E-state index is 14.2. The van der Waals surface area contributed by atoms with Gasteiger partial charge in [0, 0.05) is 13.0 Å². The standard InChI is InChI=1S/C58H104O22/c1-8-10-12-13-14-15-19-22-26-30-38(59)76-53-52(79-55-46(67)43(64)40(61)33(4)71-55)49(77-54-45(66)42(63)39(60)32(3)70-54)36(7)74-58(53)78-48-35(6)73-56-47(68)50(48)69-31-27-23-20-17-16-18-21-25-29-37(28-24-11-9-2)75-51-44(65)41(62)34(5)72-57(51)80-56/h32-37,39-58,60-68H,8-31H2,1-7H3/t32-,33-,34+,35-,36-,37?,39-,40-,41-,42+,43+,44-,45+,46+,47+,48-,49-,50-,51+,52+,53+,54-,55-,56-,57+,58-/m0/s1. The van der Waals surface area contributed by atoms with E-state index in [0.29, 0.717) is 12.8 Å². The summed E-state index contributed by atoms with van der Waals surface area (Å²) >= 11 is 0. The van der Waals surface area contributed by atoms with Crippen LogP contribution in [-0.4, -0.2) is 218 Å². The number of unbranched alkanes of at least 4 members (excludes halogenated alkanes) is 10. The second-order valence-corrected chi connectivity index (χ2v) is 23.6. The van der Waals surface area contributed by atoms with Gasteiger partial charge >= 0.3 is 5.97 Å². The molecule has 6 fully saturated rings. The second kappa shape index (κ2) is 34.1. The predicted molar refractivity (Wildman–Crippen MR) is 287 cm³/mol. The van der Waals surface area contributed by atoms with Crippen LogP contribution in [0, 0.1) is 0 Å². The van der Waals surface area contributed by atoms with E-state index in [4.69, 9.17) is 56.8 Å². The highest BCUT2D eigenvalue weighted by Crippen LogP contribution is 2.39. The normalized spacial score (nSPS) is 44.0. The molecule has 6 aliphatic heterocycles. The molecule has 1 unspecified atom stereocenters. The van der Waals surface area contributed by atoms with Gasteiger partial charge in [0.25, 0.3) is 0 Å². The van der Waals surface area contributed by atoms with Crippen LogP contribution in [0.25, 0.3) is 0 Å². The van der Waals surface area contributed by atoms with Gasteiger partial charge in [0.2, 0.25) is 0 Å². The Bertz CT molecular complexity index is 1720. The van der Waals surface area contributed by atoms with Crippen LogP contribution >= 0.6 is 0 Å². The first-order chi connectivity index (χ1) is 38.4. The number of carbonyl (C=O) groups excluding carboxylic acids is 1. The molecule has 9 N–H and O–H groups in total. The summed E-state index contributed by atoms with van der Waals surface area (Å²) in [6.45, 7) is 12.3. The zero-order chi connectivity index (χ0) is 58.0. The maximum absolute atomic E-state index is 14.2. The average Bonchev–Trinajstić information content (AvgIpc) is 3.48. The number of ether oxygens (including phenoxy) is 12. The number of hydrogen-bond donors (Lipinski definition) is 9. The molecule has 0 spiro atoms. The number of esters is 1. The van der Waals surface area contributed by atoms with E-state index in [1.165, 1.54) is 26.7 Å². The molecule has 26 atom stereocenters. The molecule has 0 aromatic rings. The summed E-state index contributed by atoms with van der Waals surface area (Å²) in [4.78, 5) is 14.2. The summed E-state index contributed by atoms with van der Waals surface area (Å²) in [7, 11) is 0. The van der Waals surface area contributed by atoms with Crippen LogP contribution in [0.3, 0.4) is 0 Å². The fourth-order valence-electron chi connectivity index (χ4n) is 11.8. The highest BCUT2D eigenvalue weighted by molar-refractivity contribution is 5.69. The van der Waals surface area contributed by atoms with Crippen molar-refractivity contribution in [1.82, 2.24) is 0 Å². The summed E-state index contributed by atoms with van der Waals surface area (Å²) in [5, 5.41) is 101. The molecule has 0 radical (unpaired) electrons. The number of rotatable bonds is 21. The lowest BCUT2D eigenvalue weighted by Gasteiger charge is -2.51. The van der Waals surface area contributed by atoms with E-state index in [-0.39, 0.29) is 19.1 Å². The summed E-state index contributed by atoms with van der Waals surface area (Å²) in [6, 6.07) is 0. The van der Waals surface area contributed by atoms with Gasteiger partial charge in [-0.2, -0.15) is 0 Å². The van der Waals surface area contributed by atoms with Crippen molar-refractivity contribution in [3.05, 3.63) is 0 Å². The number of fused-ring (bicyclic) bond motifs is 3. The molecule has 0 aromatic heterocycles. The Kier molecular flexibility index (Phi) is 28.9. The molecule has 6 saturated heterocycles. The number of aliphatic hydroxyl groups excluding tert-OH is 9. The van der Waals surface area contributed by atoms with E-state index in [9.17, 15) is 50.8 Å². The smallest absolute Gasteiger partial charge is 0.306 e. The van der Waals surface area contributed by atoms with Crippen molar-refractivity contribution in [1.29, 1.82) is 0 Å². The van der Waals surface area contributed by atoms with Crippen molar-refractivity contribution < 1.29 is 108 Å². The third-order valence-corrected chi connectivity index (χ3v) is 17.0. The number of carbonyl (C=O) groups is 1. The minimum Gasteiger partial charge on any atom is -0.454 e. The highest BCUT2D eigenvalue weighted by Gasteiger charge is 2.58. The third-order valence-electron chi connectivity index (χ3n) is 17.0. The molecular weight excluding hydrogens is 1050 g/mol. The van der Waals surface area contributed by atoms with Gasteiger partial charge in [-0.15, -0.1) is 0 Å². The number of aliphatic hydroxyl groups is 9. The molecule has 0 amide bonds. The molecule has 22 nitrogen and oxygen atoms in total. The maximum Gasteiger partial charge on any atom is 0.306 e. The summed E-state index contributed by atoms with van der Waals surface area (Å²) < 4.78 is 77.0. The first-order valence-electron chi connectivity index (χ1n) is 30.8. The van der Waals surface area contributed by atoms with Gasteiger partial charge in [0.1, 0.15) is 85.5 Å². The van der Waals surface area contributed by atoms with Crippen molar-refractivity contribution in [2.75, 3.05) is 6.61 Å². The highest BCUT2D eigenvalue weighted by atomic mass is 16.8. The molecule has 0 aliphatic carbocycles. The van der Waals surface area contributed by atoms with Crippen LogP contribution in [0.1, 0.15) is 196 Å². The van der Waals surface area contributed by atoms with Gasteiger partial charge in [-0.1, -0.05) is 129 Å². The van der Waals surface area contributed by atoms with Gasteiger partial charge in [-0.05, 0) is 60.3 Å². The van der Waals surface area contributed by atoms with Crippen molar-refractivity contribution in [2.24, 2.45) is 0 Å². The van der Waals surface area contributed by atoms with Gasteiger partial charge in [0.05, 0.1) is 36.6 Å². The van der Waals surface area contributed by atoms with Crippen molar-refractivity contribution in [3.63, 3.8) is 0 Å². The van der Waals surface area contributed by atoms with Crippen LogP contribution in [-0.2, 0) is 61.6 Å². The van der Waals surface area contributed by atoms with Crippen LogP contribution in [0.15, 0.2) is 0 Å². The van der Waals surface area contributed by atoms with E-state index < -0.39 is 159 Å². The zero-order valence-electron chi connectivity index (χ0n) is 48.8. The first kappa shape index (κ1) is 67.8. The number of hydrogen-bond acceptors (Lipinski definition) is 22. The molecule has 6 aliphatic rings. The van der Waals surface area contributed by atoms with Crippen LogP contribution in [0.4, 0.5) is 0 Å².